The molecule has 1 fully saturated rings. The van der Waals surface area contributed by atoms with Crippen LogP contribution in [-0.4, -0.2) is 49.7 Å². The zero-order chi connectivity index (χ0) is 13.0. The van der Waals surface area contributed by atoms with Crippen molar-refractivity contribution in [2.75, 3.05) is 38.6 Å². The molecule has 1 aliphatic rings. The lowest BCUT2D eigenvalue weighted by Gasteiger charge is -2.21. The normalized spacial score (nSPS) is 19.8. The van der Waals surface area contributed by atoms with E-state index in [9.17, 15) is 0 Å². The molecule has 0 radical (unpaired) electrons. The molecule has 18 heavy (non-hydrogen) atoms. The van der Waals surface area contributed by atoms with Crippen LogP contribution >= 0.6 is 0 Å². The quantitative estimate of drug-likeness (QED) is 0.852. The molecule has 0 aromatic carbocycles. The van der Waals surface area contributed by atoms with Gasteiger partial charge in [-0.05, 0) is 39.2 Å². The van der Waals surface area contributed by atoms with Gasteiger partial charge in [-0.15, -0.1) is 0 Å². The molecule has 4 heteroatoms. The second kappa shape index (κ2) is 6.16. The Balaban J connectivity index is 2.01. The SMILES string of the molecule is CCNCc1cccc(N2CCC(N(C)C)C2)n1. The van der Waals surface area contributed by atoms with Gasteiger partial charge in [0.2, 0.25) is 0 Å². The van der Waals surface area contributed by atoms with Gasteiger partial charge < -0.3 is 15.1 Å². The fourth-order valence-electron chi connectivity index (χ4n) is 2.37. The molecule has 1 atom stereocenters. The number of hydrogen-bond acceptors (Lipinski definition) is 4. The van der Waals surface area contributed by atoms with Crippen molar-refractivity contribution >= 4 is 5.82 Å². The predicted molar refractivity (Wildman–Crippen MR) is 75.9 cm³/mol. The molecule has 1 unspecified atom stereocenters. The highest BCUT2D eigenvalue weighted by Crippen LogP contribution is 2.20. The van der Waals surface area contributed by atoms with Crippen molar-refractivity contribution in [3.05, 3.63) is 23.9 Å². The van der Waals surface area contributed by atoms with E-state index in [1.807, 2.05) is 0 Å². The monoisotopic (exact) mass is 248 g/mol. The van der Waals surface area contributed by atoms with Gasteiger partial charge in [-0.2, -0.15) is 0 Å². The van der Waals surface area contributed by atoms with Crippen LogP contribution in [0.1, 0.15) is 19.0 Å². The summed E-state index contributed by atoms with van der Waals surface area (Å²) in [6, 6.07) is 6.97. The Morgan fingerprint density at radius 1 is 1.44 bits per heavy atom. The number of likely N-dealkylation sites (N-methyl/N-ethyl adjacent to an activating group) is 1. The van der Waals surface area contributed by atoms with Crippen molar-refractivity contribution in [2.24, 2.45) is 0 Å². The lowest BCUT2D eigenvalue weighted by molar-refractivity contribution is 0.315. The first kappa shape index (κ1) is 13.3. The van der Waals surface area contributed by atoms with Crippen molar-refractivity contribution in [3.63, 3.8) is 0 Å². The van der Waals surface area contributed by atoms with Crippen molar-refractivity contribution in [2.45, 2.75) is 25.9 Å². The van der Waals surface area contributed by atoms with Crippen molar-refractivity contribution in [1.29, 1.82) is 0 Å². The highest BCUT2D eigenvalue weighted by atomic mass is 15.3. The summed E-state index contributed by atoms with van der Waals surface area (Å²) in [6.07, 6.45) is 1.23. The Morgan fingerprint density at radius 3 is 2.94 bits per heavy atom. The molecule has 0 amide bonds. The third kappa shape index (κ3) is 3.21. The van der Waals surface area contributed by atoms with E-state index in [0.717, 1.165) is 37.7 Å². The fraction of sp³-hybridized carbons (Fsp3) is 0.643. The number of nitrogens with zero attached hydrogens (tertiary/aromatic N) is 3. The second-order valence-corrected chi connectivity index (χ2v) is 5.12. The molecule has 1 N–H and O–H groups in total. The van der Waals surface area contributed by atoms with Gasteiger partial charge in [0, 0.05) is 25.7 Å². The molecule has 0 spiro atoms. The van der Waals surface area contributed by atoms with Gasteiger partial charge >= 0.3 is 0 Å². The maximum atomic E-state index is 4.73. The summed E-state index contributed by atoms with van der Waals surface area (Å²) in [6.45, 7) is 6.16. The number of nitrogens with one attached hydrogen (secondary N) is 1. The van der Waals surface area contributed by atoms with Crippen LogP contribution in [-0.2, 0) is 6.54 Å². The second-order valence-electron chi connectivity index (χ2n) is 5.12. The van der Waals surface area contributed by atoms with E-state index in [1.54, 1.807) is 0 Å². The van der Waals surface area contributed by atoms with Crippen LogP contribution in [0, 0.1) is 0 Å². The largest absolute Gasteiger partial charge is 0.355 e. The molecule has 4 nitrogen and oxygen atoms in total. The molecule has 1 aliphatic heterocycles. The van der Waals surface area contributed by atoms with Crippen LogP contribution in [0.2, 0.25) is 0 Å². The Kier molecular flexibility index (Phi) is 4.55. The first-order chi connectivity index (χ1) is 8.70. The molecular weight excluding hydrogens is 224 g/mol. The van der Waals surface area contributed by atoms with Gasteiger partial charge in [0.15, 0.2) is 0 Å². The molecule has 1 saturated heterocycles. The van der Waals surface area contributed by atoms with Gasteiger partial charge in [-0.25, -0.2) is 4.98 Å². The zero-order valence-electron chi connectivity index (χ0n) is 11.7. The van der Waals surface area contributed by atoms with Crippen LogP contribution in [0.5, 0.6) is 0 Å². The molecule has 0 aliphatic carbocycles. The topological polar surface area (TPSA) is 31.4 Å². The van der Waals surface area contributed by atoms with E-state index < -0.39 is 0 Å². The summed E-state index contributed by atoms with van der Waals surface area (Å²) >= 11 is 0. The summed E-state index contributed by atoms with van der Waals surface area (Å²) in [7, 11) is 4.31. The lowest BCUT2D eigenvalue weighted by Crippen LogP contribution is -2.31. The van der Waals surface area contributed by atoms with Crippen molar-refractivity contribution in [3.8, 4) is 0 Å². The first-order valence-corrected chi connectivity index (χ1v) is 6.78. The highest BCUT2D eigenvalue weighted by Gasteiger charge is 2.24. The summed E-state index contributed by atoms with van der Waals surface area (Å²) in [4.78, 5) is 9.43. The predicted octanol–water partition coefficient (Wildman–Crippen LogP) is 1.33. The summed E-state index contributed by atoms with van der Waals surface area (Å²) in [5.41, 5.74) is 1.13. The molecule has 2 rings (SSSR count). The summed E-state index contributed by atoms with van der Waals surface area (Å²) < 4.78 is 0. The van der Waals surface area contributed by atoms with Gasteiger partial charge in [-0.1, -0.05) is 13.0 Å². The number of aromatic nitrogens is 1. The summed E-state index contributed by atoms with van der Waals surface area (Å²) in [5, 5.41) is 3.32. The van der Waals surface area contributed by atoms with E-state index in [4.69, 9.17) is 4.98 Å². The van der Waals surface area contributed by atoms with Gasteiger partial charge in [-0.3, -0.25) is 0 Å². The highest BCUT2D eigenvalue weighted by molar-refractivity contribution is 5.41. The lowest BCUT2D eigenvalue weighted by atomic mass is 10.2. The maximum Gasteiger partial charge on any atom is 0.128 e. The average molecular weight is 248 g/mol. The Morgan fingerprint density at radius 2 is 2.28 bits per heavy atom. The van der Waals surface area contributed by atoms with Crippen LogP contribution in [0.4, 0.5) is 5.82 Å². The third-order valence-corrected chi connectivity index (χ3v) is 3.57. The minimum absolute atomic E-state index is 0.657. The average Bonchev–Trinajstić information content (AvgIpc) is 2.86. The van der Waals surface area contributed by atoms with Crippen LogP contribution < -0.4 is 10.2 Å². The zero-order valence-corrected chi connectivity index (χ0v) is 11.7. The Labute approximate surface area is 110 Å². The molecule has 100 valence electrons. The maximum absolute atomic E-state index is 4.73. The van der Waals surface area contributed by atoms with Crippen LogP contribution in [0.25, 0.3) is 0 Å². The van der Waals surface area contributed by atoms with Crippen LogP contribution in [0.15, 0.2) is 18.2 Å². The first-order valence-electron chi connectivity index (χ1n) is 6.78. The van der Waals surface area contributed by atoms with E-state index in [1.165, 1.54) is 6.42 Å². The van der Waals surface area contributed by atoms with E-state index in [0.29, 0.717) is 6.04 Å². The summed E-state index contributed by atoms with van der Waals surface area (Å²) in [5.74, 6) is 1.12. The number of hydrogen-bond donors (Lipinski definition) is 1. The van der Waals surface area contributed by atoms with E-state index in [2.05, 4.69) is 54.3 Å². The molecule has 0 bridgehead atoms. The van der Waals surface area contributed by atoms with Crippen LogP contribution in [0.3, 0.4) is 0 Å². The molecule has 1 aromatic heterocycles. The van der Waals surface area contributed by atoms with Gasteiger partial charge in [0.25, 0.3) is 0 Å². The molecular formula is C14H24N4. The number of anilines is 1. The molecule has 2 heterocycles. The Bertz CT molecular complexity index is 378. The van der Waals surface area contributed by atoms with E-state index >= 15 is 0 Å². The minimum Gasteiger partial charge on any atom is -0.355 e. The standard InChI is InChI=1S/C14H24N4/c1-4-15-10-12-6-5-7-14(16-12)18-9-8-13(11-18)17(2)3/h5-7,13,15H,4,8-11H2,1-3H3. The van der Waals surface area contributed by atoms with Gasteiger partial charge in [0.1, 0.15) is 5.82 Å². The number of pyridine rings is 1. The van der Waals surface area contributed by atoms with Gasteiger partial charge in [0.05, 0.1) is 5.69 Å². The third-order valence-electron chi connectivity index (χ3n) is 3.57. The Hall–Kier alpha value is -1.13. The smallest absolute Gasteiger partial charge is 0.128 e. The van der Waals surface area contributed by atoms with Crippen molar-refractivity contribution in [1.82, 2.24) is 15.2 Å². The molecule has 0 saturated carbocycles. The minimum atomic E-state index is 0.657. The van der Waals surface area contributed by atoms with Crippen molar-refractivity contribution < 1.29 is 0 Å². The number of rotatable bonds is 5. The molecule has 1 aromatic rings. The fourth-order valence-corrected chi connectivity index (χ4v) is 2.37. The van der Waals surface area contributed by atoms with E-state index in [-0.39, 0.29) is 0 Å².